The van der Waals surface area contributed by atoms with E-state index in [1.165, 1.54) is 44.7 Å². The van der Waals surface area contributed by atoms with Crippen molar-refractivity contribution in [1.29, 1.82) is 0 Å². The van der Waals surface area contributed by atoms with Gasteiger partial charge in [0.15, 0.2) is 0 Å². The Balaban J connectivity index is 1.21. The second-order valence-electron chi connectivity index (χ2n) is 9.91. The van der Waals surface area contributed by atoms with Crippen LogP contribution >= 0.6 is 0 Å². The highest BCUT2D eigenvalue weighted by Crippen LogP contribution is 2.23. The van der Waals surface area contributed by atoms with Crippen LogP contribution in [0.3, 0.4) is 0 Å². The molecule has 2 saturated heterocycles. The molecule has 8 heteroatoms. The lowest BCUT2D eigenvalue weighted by atomic mass is 10.0. The third-order valence-electron chi connectivity index (χ3n) is 7.22. The number of aromatic nitrogens is 2. The monoisotopic (exact) mass is 483 g/mol. The number of nitrogens with zero attached hydrogens (tertiary/aromatic N) is 5. The summed E-state index contributed by atoms with van der Waals surface area (Å²) in [5.41, 5.74) is 6.51. The molecule has 0 saturated carbocycles. The van der Waals surface area contributed by atoms with Gasteiger partial charge in [0, 0.05) is 57.1 Å². The second-order valence-corrected chi connectivity index (χ2v) is 9.91. The van der Waals surface area contributed by atoms with Gasteiger partial charge in [0.05, 0.1) is 0 Å². The predicted octanol–water partition coefficient (Wildman–Crippen LogP) is 4.12. The number of anilines is 3. The smallest absolute Gasteiger partial charge is 0.134 e. The molecular formula is C27H42FN7. The molecule has 1 aromatic heterocycles. The minimum atomic E-state index is -0.184. The van der Waals surface area contributed by atoms with Gasteiger partial charge in [-0.05, 0) is 57.0 Å². The summed E-state index contributed by atoms with van der Waals surface area (Å²) < 4.78 is 13.7. The molecule has 3 heterocycles. The number of piperazine rings is 1. The van der Waals surface area contributed by atoms with Gasteiger partial charge in [-0.1, -0.05) is 31.7 Å². The van der Waals surface area contributed by atoms with Gasteiger partial charge >= 0.3 is 0 Å². The molecule has 35 heavy (non-hydrogen) atoms. The van der Waals surface area contributed by atoms with Crippen LogP contribution in [0, 0.1) is 5.82 Å². The average Bonchev–Trinajstić information content (AvgIpc) is 2.89. The van der Waals surface area contributed by atoms with Crippen LogP contribution < -0.4 is 20.9 Å². The molecule has 0 bridgehead atoms. The molecule has 1 aromatic carbocycles. The van der Waals surface area contributed by atoms with E-state index in [0.29, 0.717) is 0 Å². The van der Waals surface area contributed by atoms with Gasteiger partial charge in [0.1, 0.15) is 23.8 Å². The molecule has 2 aromatic rings. The Labute approximate surface area is 209 Å². The Kier molecular flexibility index (Phi) is 9.95. The van der Waals surface area contributed by atoms with E-state index in [1.54, 1.807) is 18.5 Å². The number of hydrogen-bond acceptors (Lipinski definition) is 7. The van der Waals surface area contributed by atoms with Crippen molar-refractivity contribution in [3.05, 3.63) is 42.5 Å². The highest BCUT2D eigenvalue weighted by molar-refractivity contribution is 5.51. The lowest BCUT2D eigenvalue weighted by Gasteiger charge is -2.36. The number of halogens is 1. The summed E-state index contributed by atoms with van der Waals surface area (Å²) in [7, 11) is 0. The van der Waals surface area contributed by atoms with Gasteiger partial charge in [0.2, 0.25) is 0 Å². The Morgan fingerprint density at radius 1 is 0.914 bits per heavy atom. The van der Waals surface area contributed by atoms with E-state index in [4.69, 9.17) is 5.73 Å². The molecule has 0 aliphatic carbocycles. The Hall–Kier alpha value is -2.45. The number of nitrogens with two attached hydrogens (primary N) is 1. The minimum absolute atomic E-state index is 0.184. The van der Waals surface area contributed by atoms with Crippen molar-refractivity contribution in [3.63, 3.8) is 0 Å². The van der Waals surface area contributed by atoms with E-state index in [9.17, 15) is 4.39 Å². The van der Waals surface area contributed by atoms with Crippen molar-refractivity contribution < 1.29 is 4.39 Å². The number of rotatable bonds is 12. The van der Waals surface area contributed by atoms with Crippen LogP contribution in [0.4, 0.5) is 21.7 Å². The van der Waals surface area contributed by atoms with Gasteiger partial charge in [-0.3, -0.25) is 4.90 Å². The normalized spacial score (nSPS) is 19.2. The molecule has 2 aliphatic heterocycles. The van der Waals surface area contributed by atoms with Crippen LogP contribution in [0.5, 0.6) is 0 Å². The fourth-order valence-electron chi connectivity index (χ4n) is 5.20. The lowest BCUT2D eigenvalue weighted by molar-refractivity contribution is 0.251. The standard InChI is InChI=1S/C27H42FN7/c28-23-9-7-11-25(19-23)35-14-8-10-24(21-35)32-26-20-27(31-22-30-26)34-17-15-33(16-18-34)13-6-4-2-1-3-5-12-29/h7,9,11,19-20,22,24H,1-6,8,10,12-18,21,29H2,(H,30,31,32)/t24-/m1/s1. The highest BCUT2D eigenvalue weighted by atomic mass is 19.1. The fraction of sp³-hybridized carbons (Fsp3) is 0.630. The SMILES string of the molecule is NCCCCCCCCN1CCN(c2cc(N[C@@H]3CCCN(c4cccc(F)c4)C3)ncn2)CC1. The molecule has 192 valence electrons. The second kappa shape index (κ2) is 13.6. The van der Waals surface area contributed by atoms with Crippen molar-refractivity contribution in [2.24, 2.45) is 5.73 Å². The topological polar surface area (TPSA) is 73.6 Å². The maximum Gasteiger partial charge on any atom is 0.134 e. The molecule has 4 rings (SSSR count). The summed E-state index contributed by atoms with van der Waals surface area (Å²) in [4.78, 5) is 16.3. The quantitative estimate of drug-likeness (QED) is 0.440. The molecular weight excluding hydrogens is 441 g/mol. The van der Waals surface area contributed by atoms with Gasteiger partial charge in [-0.25, -0.2) is 14.4 Å². The lowest BCUT2D eigenvalue weighted by Crippen LogP contribution is -2.47. The molecule has 1 atom stereocenters. The summed E-state index contributed by atoms with van der Waals surface area (Å²) in [6.45, 7) is 8.00. The zero-order valence-corrected chi connectivity index (χ0v) is 21.0. The first-order chi connectivity index (χ1) is 17.2. The largest absolute Gasteiger partial charge is 0.369 e. The Morgan fingerprint density at radius 2 is 1.71 bits per heavy atom. The van der Waals surface area contributed by atoms with Crippen molar-refractivity contribution in [3.8, 4) is 0 Å². The summed E-state index contributed by atoms with van der Waals surface area (Å²) >= 11 is 0. The third kappa shape index (κ3) is 8.04. The van der Waals surface area contributed by atoms with E-state index in [2.05, 4.69) is 36.1 Å². The molecule has 2 aliphatic rings. The van der Waals surface area contributed by atoms with E-state index in [-0.39, 0.29) is 11.9 Å². The summed E-state index contributed by atoms with van der Waals surface area (Å²) in [5.74, 6) is 1.69. The van der Waals surface area contributed by atoms with Crippen molar-refractivity contribution in [2.45, 2.75) is 57.4 Å². The first-order valence-electron chi connectivity index (χ1n) is 13.5. The summed E-state index contributed by atoms with van der Waals surface area (Å²) in [6.07, 6.45) is 11.5. The first kappa shape index (κ1) is 25.6. The van der Waals surface area contributed by atoms with Crippen LogP contribution in [0.1, 0.15) is 51.4 Å². The van der Waals surface area contributed by atoms with Gasteiger partial charge in [0.25, 0.3) is 0 Å². The van der Waals surface area contributed by atoms with Crippen LogP contribution in [0.15, 0.2) is 36.7 Å². The van der Waals surface area contributed by atoms with Crippen LogP contribution in [-0.2, 0) is 0 Å². The number of benzene rings is 1. The zero-order chi connectivity index (χ0) is 24.3. The number of nitrogens with one attached hydrogen (secondary N) is 1. The van der Waals surface area contributed by atoms with E-state index in [0.717, 1.165) is 82.4 Å². The molecule has 0 spiro atoms. The average molecular weight is 484 g/mol. The van der Waals surface area contributed by atoms with Gasteiger partial charge < -0.3 is 20.9 Å². The van der Waals surface area contributed by atoms with Crippen LogP contribution in [0.2, 0.25) is 0 Å². The number of piperidine rings is 1. The molecule has 3 N–H and O–H groups in total. The van der Waals surface area contributed by atoms with E-state index >= 15 is 0 Å². The molecule has 7 nitrogen and oxygen atoms in total. The van der Waals surface area contributed by atoms with Gasteiger partial charge in [-0.15, -0.1) is 0 Å². The Morgan fingerprint density at radius 3 is 2.51 bits per heavy atom. The summed E-state index contributed by atoms with van der Waals surface area (Å²) in [5, 5.41) is 3.61. The number of unbranched alkanes of at least 4 members (excludes halogenated alkanes) is 5. The van der Waals surface area contributed by atoms with E-state index < -0.39 is 0 Å². The molecule has 0 amide bonds. The maximum absolute atomic E-state index is 13.7. The zero-order valence-electron chi connectivity index (χ0n) is 21.0. The fourth-order valence-corrected chi connectivity index (χ4v) is 5.20. The van der Waals surface area contributed by atoms with Crippen molar-refractivity contribution >= 4 is 17.3 Å². The summed E-state index contributed by atoms with van der Waals surface area (Å²) in [6, 6.07) is 9.24. The molecule has 0 radical (unpaired) electrons. The van der Waals surface area contributed by atoms with E-state index in [1.807, 2.05) is 6.07 Å². The van der Waals surface area contributed by atoms with Crippen molar-refractivity contribution in [2.75, 3.05) is 67.5 Å². The predicted molar refractivity (Wildman–Crippen MR) is 143 cm³/mol. The van der Waals surface area contributed by atoms with Gasteiger partial charge in [-0.2, -0.15) is 0 Å². The van der Waals surface area contributed by atoms with Crippen LogP contribution in [-0.4, -0.2) is 73.3 Å². The van der Waals surface area contributed by atoms with Crippen LogP contribution in [0.25, 0.3) is 0 Å². The molecule has 2 fully saturated rings. The highest BCUT2D eigenvalue weighted by Gasteiger charge is 2.22. The number of hydrogen-bond donors (Lipinski definition) is 2. The van der Waals surface area contributed by atoms with Crippen molar-refractivity contribution in [1.82, 2.24) is 14.9 Å². The third-order valence-corrected chi connectivity index (χ3v) is 7.22. The Bertz CT molecular complexity index is 887. The molecule has 0 unspecified atom stereocenters. The maximum atomic E-state index is 13.7. The minimum Gasteiger partial charge on any atom is -0.369 e. The first-order valence-corrected chi connectivity index (χ1v) is 13.5.